The number of carbonyl (C=O) groups excluding carboxylic acids is 2. The van der Waals surface area contributed by atoms with Crippen molar-refractivity contribution >= 4 is 11.8 Å². The van der Waals surface area contributed by atoms with Crippen molar-refractivity contribution in [2.75, 3.05) is 20.1 Å². The number of hydrogen-bond donors (Lipinski definition) is 1. The van der Waals surface area contributed by atoms with Crippen LogP contribution in [0.4, 0.5) is 0 Å². The topological polar surface area (TPSA) is 71.8 Å². The Kier molecular flexibility index (Phi) is 4.87. The first-order chi connectivity index (χ1) is 13.5. The molecule has 1 aromatic heterocycles. The van der Waals surface area contributed by atoms with E-state index in [1.807, 2.05) is 30.0 Å². The lowest BCUT2D eigenvalue weighted by molar-refractivity contribution is -0.121. The number of benzene rings is 1. The van der Waals surface area contributed by atoms with Crippen LogP contribution in [-0.4, -0.2) is 42.5 Å². The van der Waals surface area contributed by atoms with E-state index < -0.39 is 0 Å². The Morgan fingerprint density at radius 2 is 1.96 bits per heavy atom. The molecule has 1 spiro atoms. The van der Waals surface area contributed by atoms with E-state index in [1.165, 1.54) is 0 Å². The molecule has 6 heteroatoms. The molecule has 0 aliphatic carbocycles. The number of furan rings is 1. The van der Waals surface area contributed by atoms with Crippen molar-refractivity contribution in [2.45, 2.75) is 44.1 Å². The van der Waals surface area contributed by atoms with E-state index in [-0.39, 0.29) is 23.3 Å². The monoisotopic (exact) mass is 382 g/mol. The van der Waals surface area contributed by atoms with Gasteiger partial charge < -0.3 is 19.4 Å². The number of piperidine rings is 1. The molecule has 1 fully saturated rings. The van der Waals surface area contributed by atoms with Crippen molar-refractivity contribution < 1.29 is 18.7 Å². The molecule has 3 heterocycles. The minimum absolute atomic E-state index is 0.0132. The summed E-state index contributed by atoms with van der Waals surface area (Å²) in [5, 5.41) is 2.74. The molecule has 2 aliphatic heterocycles. The molecule has 148 valence electrons. The Morgan fingerprint density at radius 1 is 1.21 bits per heavy atom. The maximum atomic E-state index is 12.8. The number of carbonyl (C=O) groups is 2. The van der Waals surface area contributed by atoms with Gasteiger partial charge in [0.05, 0.1) is 11.8 Å². The van der Waals surface area contributed by atoms with Crippen LogP contribution in [-0.2, 0) is 4.79 Å². The zero-order chi connectivity index (χ0) is 19.7. The number of rotatable bonds is 3. The molecule has 0 saturated carbocycles. The number of amides is 2. The average Bonchev–Trinajstić information content (AvgIpc) is 3.14. The Bertz CT molecular complexity index is 880. The third-order valence-electron chi connectivity index (χ3n) is 6.07. The summed E-state index contributed by atoms with van der Waals surface area (Å²) in [5.41, 5.74) is 1.41. The smallest absolute Gasteiger partial charge is 0.257 e. The van der Waals surface area contributed by atoms with Crippen molar-refractivity contribution in [3.63, 3.8) is 0 Å². The molecule has 4 rings (SSSR count). The molecule has 2 amide bonds. The molecule has 28 heavy (non-hydrogen) atoms. The standard InChI is InChI=1S/C22H26N2O4/c1-15-17(7-12-27-15)21(26)24-10-8-22(9-11-24)14-16(13-20(25)23-2)18-5-3-4-6-19(18)28-22/h3-7,12,16H,8-11,13-14H2,1-2H3,(H,23,25). The molecular weight excluding hydrogens is 356 g/mol. The van der Waals surface area contributed by atoms with Crippen LogP contribution in [0.1, 0.15) is 53.3 Å². The lowest BCUT2D eigenvalue weighted by Gasteiger charge is -2.46. The van der Waals surface area contributed by atoms with Crippen LogP contribution >= 0.6 is 0 Å². The highest BCUT2D eigenvalue weighted by molar-refractivity contribution is 5.95. The fourth-order valence-corrected chi connectivity index (χ4v) is 4.45. The number of aryl methyl sites for hydroxylation is 1. The normalized spacial score (nSPS) is 20.4. The zero-order valence-electron chi connectivity index (χ0n) is 16.4. The quantitative estimate of drug-likeness (QED) is 0.884. The third-order valence-corrected chi connectivity index (χ3v) is 6.07. The van der Waals surface area contributed by atoms with E-state index in [0.717, 1.165) is 30.6 Å². The minimum atomic E-state index is -0.324. The summed E-state index contributed by atoms with van der Waals surface area (Å²) in [4.78, 5) is 26.7. The SMILES string of the molecule is CNC(=O)CC1CC2(CCN(C(=O)c3ccoc3C)CC2)Oc2ccccc21. The number of fused-ring (bicyclic) bond motifs is 1. The first kappa shape index (κ1) is 18.6. The van der Waals surface area contributed by atoms with Gasteiger partial charge in [-0.25, -0.2) is 0 Å². The van der Waals surface area contributed by atoms with Crippen LogP contribution in [0.5, 0.6) is 5.75 Å². The van der Waals surface area contributed by atoms with E-state index in [4.69, 9.17) is 9.15 Å². The summed E-state index contributed by atoms with van der Waals surface area (Å²) in [6.45, 7) is 3.08. The summed E-state index contributed by atoms with van der Waals surface area (Å²) in [7, 11) is 1.67. The van der Waals surface area contributed by atoms with E-state index in [1.54, 1.807) is 19.4 Å². The summed E-state index contributed by atoms with van der Waals surface area (Å²) >= 11 is 0. The summed E-state index contributed by atoms with van der Waals surface area (Å²) in [6.07, 6.45) is 4.32. The molecule has 1 atom stereocenters. The Labute approximate surface area is 164 Å². The molecule has 1 N–H and O–H groups in total. The molecule has 1 unspecified atom stereocenters. The van der Waals surface area contributed by atoms with Crippen molar-refractivity contribution in [1.82, 2.24) is 10.2 Å². The summed E-state index contributed by atoms with van der Waals surface area (Å²) < 4.78 is 11.7. The maximum Gasteiger partial charge on any atom is 0.257 e. The van der Waals surface area contributed by atoms with Crippen molar-refractivity contribution in [3.8, 4) is 5.75 Å². The number of likely N-dealkylation sites (tertiary alicyclic amines) is 1. The fraction of sp³-hybridized carbons (Fsp3) is 0.455. The van der Waals surface area contributed by atoms with E-state index in [2.05, 4.69) is 11.4 Å². The van der Waals surface area contributed by atoms with Crippen LogP contribution in [0, 0.1) is 6.92 Å². The molecule has 6 nitrogen and oxygen atoms in total. The van der Waals surface area contributed by atoms with Crippen LogP contribution in [0.25, 0.3) is 0 Å². The van der Waals surface area contributed by atoms with E-state index >= 15 is 0 Å². The average molecular weight is 382 g/mol. The predicted molar refractivity (Wildman–Crippen MR) is 104 cm³/mol. The number of ether oxygens (including phenoxy) is 1. The highest BCUT2D eigenvalue weighted by Crippen LogP contribution is 2.46. The first-order valence-electron chi connectivity index (χ1n) is 9.83. The van der Waals surface area contributed by atoms with Crippen LogP contribution in [0.2, 0.25) is 0 Å². The lowest BCUT2D eigenvalue weighted by atomic mass is 9.76. The zero-order valence-corrected chi connectivity index (χ0v) is 16.4. The first-order valence-corrected chi connectivity index (χ1v) is 9.83. The van der Waals surface area contributed by atoms with Crippen molar-refractivity contribution in [2.24, 2.45) is 0 Å². The minimum Gasteiger partial charge on any atom is -0.487 e. The second-order valence-electron chi connectivity index (χ2n) is 7.78. The Morgan fingerprint density at radius 3 is 2.64 bits per heavy atom. The molecule has 2 aromatic rings. The second kappa shape index (κ2) is 7.34. The van der Waals surface area contributed by atoms with Gasteiger partial charge in [-0.15, -0.1) is 0 Å². The number of para-hydroxylation sites is 1. The van der Waals surface area contributed by atoms with Gasteiger partial charge in [-0.05, 0) is 31.0 Å². The van der Waals surface area contributed by atoms with E-state index in [9.17, 15) is 9.59 Å². The van der Waals surface area contributed by atoms with Gasteiger partial charge in [-0.1, -0.05) is 18.2 Å². The van der Waals surface area contributed by atoms with Gasteiger partial charge in [0.1, 0.15) is 17.1 Å². The summed E-state index contributed by atoms with van der Waals surface area (Å²) in [5.74, 6) is 1.70. The lowest BCUT2D eigenvalue weighted by Crippen LogP contribution is -2.52. The largest absolute Gasteiger partial charge is 0.487 e. The number of nitrogens with zero attached hydrogens (tertiary/aromatic N) is 1. The van der Waals surface area contributed by atoms with Crippen LogP contribution < -0.4 is 10.1 Å². The molecule has 1 saturated heterocycles. The van der Waals surface area contributed by atoms with Crippen LogP contribution in [0.3, 0.4) is 0 Å². The highest BCUT2D eigenvalue weighted by atomic mass is 16.5. The number of nitrogens with one attached hydrogen (secondary N) is 1. The molecule has 2 aliphatic rings. The number of hydrogen-bond acceptors (Lipinski definition) is 4. The van der Waals surface area contributed by atoms with Gasteiger partial charge in [-0.3, -0.25) is 9.59 Å². The van der Waals surface area contributed by atoms with Crippen molar-refractivity contribution in [1.29, 1.82) is 0 Å². The Balaban J connectivity index is 1.51. The third kappa shape index (κ3) is 3.39. The molecular formula is C22H26N2O4. The summed E-state index contributed by atoms with van der Waals surface area (Å²) in [6, 6.07) is 9.73. The van der Waals surface area contributed by atoms with Gasteiger partial charge >= 0.3 is 0 Å². The molecule has 0 bridgehead atoms. The van der Waals surface area contributed by atoms with Gasteiger partial charge in [0, 0.05) is 45.3 Å². The highest BCUT2D eigenvalue weighted by Gasteiger charge is 2.44. The van der Waals surface area contributed by atoms with Crippen LogP contribution in [0.15, 0.2) is 41.0 Å². The van der Waals surface area contributed by atoms with Crippen molar-refractivity contribution in [3.05, 3.63) is 53.5 Å². The van der Waals surface area contributed by atoms with Gasteiger partial charge in [0.2, 0.25) is 5.91 Å². The van der Waals surface area contributed by atoms with E-state index in [0.29, 0.717) is 30.8 Å². The predicted octanol–water partition coefficient (Wildman–Crippen LogP) is 3.27. The van der Waals surface area contributed by atoms with Gasteiger partial charge in [0.15, 0.2) is 0 Å². The fourth-order valence-electron chi connectivity index (χ4n) is 4.45. The molecule has 1 aromatic carbocycles. The second-order valence-corrected chi connectivity index (χ2v) is 7.78. The molecule has 0 radical (unpaired) electrons. The van der Waals surface area contributed by atoms with Gasteiger partial charge in [-0.2, -0.15) is 0 Å². The van der Waals surface area contributed by atoms with Gasteiger partial charge in [0.25, 0.3) is 5.91 Å². The maximum absolute atomic E-state index is 12.8. The Hall–Kier alpha value is -2.76.